The highest BCUT2D eigenvalue weighted by molar-refractivity contribution is 4.69. The fraction of sp³-hybridized carbons (Fsp3) is 1.00. The molecule has 0 heterocycles. The van der Waals surface area contributed by atoms with E-state index in [4.69, 9.17) is 4.74 Å². The van der Waals surface area contributed by atoms with Gasteiger partial charge in [0.15, 0.2) is 0 Å². The predicted octanol–water partition coefficient (Wildman–Crippen LogP) is 0.494. The maximum Gasteiger partial charge on any atom is 0.0587 e. The molecule has 1 N–H and O–H groups in total. The van der Waals surface area contributed by atoms with Crippen LogP contribution < -0.4 is 5.32 Å². The summed E-state index contributed by atoms with van der Waals surface area (Å²) in [6.07, 6.45) is 0. The number of ether oxygens (including phenoxy) is 1. The van der Waals surface area contributed by atoms with E-state index < -0.39 is 0 Å². The monoisotopic (exact) mass is 231 g/mol. The third-order valence-electron chi connectivity index (χ3n) is 2.72. The first-order valence-corrected chi connectivity index (χ1v) is 6.20. The summed E-state index contributed by atoms with van der Waals surface area (Å²) in [4.78, 5) is 4.74. The minimum atomic E-state index is 0.615. The van der Waals surface area contributed by atoms with Crippen molar-refractivity contribution in [3.8, 4) is 0 Å². The number of nitrogens with zero attached hydrogens (tertiary/aromatic N) is 2. The maximum absolute atomic E-state index is 4.99. The average Bonchev–Trinajstić information content (AvgIpc) is 2.22. The van der Waals surface area contributed by atoms with Crippen molar-refractivity contribution in [2.45, 2.75) is 19.9 Å². The highest BCUT2D eigenvalue weighted by Gasteiger charge is 2.11. The van der Waals surface area contributed by atoms with Gasteiger partial charge >= 0.3 is 0 Å². The zero-order chi connectivity index (χ0) is 12.4. The molecule has 1 unspecified atom stereocenters. The lowest BCUT2D eigenvalue weighted by atomic mass is 10.2. The average molecular weight is 231 g/mol. The molecule has 0 aromatic rings. The van der Waals surface area contributed by atoms with Crippen molar-refractivity contribution >= 4 is 0 Å². The number of nitrogens with one attached hydrogen (secondary N) is 1. The summed E-state index contributed by atoms with van der Waals surface area (Å²) in [6.45, 7) is 10.6. The normalized spacial score (nSPS) is 13.7. The molecule has 0 rings (SSSR count). The van der Waals surface area contributed by atoms with Crippen LogP contribution in [-0.4, -0.2) is 76.4 Å². The molecule has 0 spiro atoms. The van der Waals surface area contributed by atoms with Crippen LogP contribution in [-0.2, 0) is 4.74 Å². The standard InChI is InChI=1S/C12H29N3O/c1-6-15(12(2)11-14(3)4)9-7-13-8-10-16-5/h12-13H,6-11H2,1-5H3. The predicted molar refractivity (Wildman–Crippen MR) is 70.0 cm³/mol. The zero-order valence-corrected chi connectivity index (χ0v) is 11.6. The Hall–Kier alpha value is -0.160. The van der Waals surface area contributed by atoms with E-state index in [1.54, 1.807) is 7.11 Å². The van der Waals surface area contributed by atoms with Gasteiger partial charge in [-0.15, -0.1) is 0 Å². The highest BCUT2D eigenvalue weighted by Crippen LogP contribution is 1.98. The molecule has 0 radical (unpaired) electrons. The molecular weight excluding hydrogens is 202 g/mol. The van der Waals surface area contributed by atoms with Gasteiger partial charge in [0.2, 0.25) is 0 Å². The van der Waals surface area contributed by atoms with Crippen LogP contribution in [0.1, 0.15) is 13.8 Å². The van der Waals surface area contributed by atoms with E-state index in [-0.39, 0.29) is 0 Å². The fourth-order valence-electron chi connectivity index (χ4n) is 1.86. The van der Waals surface area contributed by atoms with Crippen LogP contribution >= 0.6 is 0 Å². The smallest absolute Gasteiger partial charge is 0.0587 e. The van der Waals surface area contributed by atoms with Crippen LogP contribution in [0.5, 0.6) is 0 Å². The van der Waals surface area contributed by atoms with E-state index in [1.807, 2.05) is 0 Å². The van der Waals surface area contributed by atoms with Crippen LogP contribution in [0, 0.1) is 0 Å². The second-order valence-electron chi connectivity index (χ2n) is 4.48. The fourth-order valence-corrected chi connectivity index (χ4v) is 1.86. The first kappa shape index (κ1) is 15.8. The Morgan fingerprint density at radius 1 is 1.25 bits per heavy atom. The van der Waals surface area contributed by atoms with E-state index in [0.29, 0.717) is 6.04 Å². The minimum Gasteiger partial charge on any atom is -0.383 e. The van der Waals surface area contributed by atoms with Crippen LogP contribution in [0.4, 0.5) is 0 Å². The molecule has 0 saturated heterocycles. The van der Waals surface area contributed by atoms with Crippen molar-refractivity contribution in [1.29, 1.82) is 0 Å². The largest absolute Gasteiger partial charge is 0.383 e. The molecule has 4 heteroatoms. The molecule has 0 aliphatic carbocycles. The van der Waals surface area contributed by atoms with Crippen LogP contribution in [0.15, 0.2) is 0 Å². The minimum absolute atomic E-state index is 0.615. The second kappa shape index (κ2) is 10.0. The molecule has 16 heavy (non-hydrogen) atoms. The molecule has 0 aliphatic heterocycles. The first-order chi connectivity index (χ1) is 7.61. The van der Waals surface area contributed by atoms with E-state index >= 15 is 0 Å². The summed E-state index contributed by atoms with van der Waals surface area (Å²) in [5, 5.41) is 3.38. The van der Waals surface area contributed by atoms with Gasteiger partial charge in [-0.2, -0.15) is 0 Å². The molecule has 0 saturated carbocycles. The van der Waals surface area contributed by atoms with Crippen LogP contribution in [0.25, 0.3) is 0 Å². The lowest BCUT2D eigenvalue weighted by Gasteiger charge is -2.30. The number of likely N-dealkylation sites (N-methyl/N-ethyl adjacent to an activating group) is 2. The first-order valence-electron chi connectivity index (χ1n) is 6.20. The van der Waals surface area contributed by atoms with Crippen molar-refractivity contribution < 1.29 is 4.74 Å². The quantitative estimate of drug-likeness (QED) is 0.554. The van der Waals surface area contributed by atoms with Gasteiger partial charge in [-0.05, 0) is 27.6 Å². The number of hydrogen-bond donors (Lipinski definition) is 1. The zero-order valence-electron chi connectivity index (χ0n) is 11.6. The van der Waals surface area contributed by atoms with E-state index in [9.17, 15) is 0 Å². The third-order valence-corrected chi connectivity index (χ3v) is 2.72. The molecule has 0 fully saturated rings. The van der Waals surface area contributed by atoms with Gasteiger partial charge in [0, 0.05) is 39.3 Å². The Kier molecular flexibility index (Phi) is 9.92. The summed E-state index contributed by atoms with van der Waals surface area (Å²) in [6, 6.07) is 0.615. The summed E-state index contributed by atoms with van der Waals surface area (Å²) in [7, 11) is 5.99. The molecule has 0 aromatic heterocycles. The van der Waals surface area contributed by atoms with E-state index in [2.05, 4.69) is 43.1 Å². The molecule has 4 nitrogen and oxygen atoms in total. The molecule has 1 atom stereocenters. The molecule has 0 aromatic carbocycles. The van der Waals surface area contributed by atoms with Crippen LogP contribution in [0.3, 0.4) is 0 Å². The van der Waals surface area contributed by atoms with Gasteiger partial charge in [0.1, 0.15) is 0 Å². The Balaban J connectivity index is 3.65. The maximum atomic E-state index is 4.99. The number of hydrogen-bond acceptors (Lipinski definition) is 4. The lowest BCUT2D eigenvalue weighted by molar-refractivity contribution is 0.175. The molecular formula is C12H29N3O. The van der Waals surface area contributed by atoms with Crippen molar-refractivity contribution in [3.63, 3.8) is 0 Å². The SMILES string of the molecule is CCN(CCNCCOC)C(C)CN(C)C. The second-order valence-corrected chi connectivity index (χ2v) is 4.48. The van der Waals surface area contributed by atoms with Crippen LogP contribution in [0.2, 0.25) is 0 Å². The van der Waals surface area contributed by atoms with Gasteiger partial charge in [-0.1, -0.05) is 6.92 Å². The van der Waals surface area contributed by atoms with Crippen molar-refractivity contribution in [2.24, 2.45) is 0 Å². The van der Waals surface area contributed by atoms with Crippen molar-refractivity contribution in [1.82, 2.24) is 15.1 Å². The summed E-state index contributed by atoms with van der Waals surface area (Å²) in [5.41, 5.74) is 0. The van der Waals surface area contributed by atoms with E-state index in [1.165, 1.54) is 0 Å². The molecule has 98 valence electrons. The van der Waals surface area contributed by atoms with Gasteiger partial charge in [-0.25, -0.2) is 0 Å². The van der Waals surface area contributed by atoms with Gasteiger partial charge in [0.05, 0.1) is 6.61 Å². The third kappa shape index (κ3) is 8.05. The summed E-state index contributed by atoms with van der Waals surface area (Å²) < 4.78 is 4.99. The van der Waals surface area contributed by atoms with Gasteiger partial charge < -0.3 is 15.0 Å². The topological polar surface area (TPSA) is 27.7 Å². The Morgan fingerprint density at radius 2 is 1.94 bits per heavy atom. The highest BCUT2D eigenvalue weighted by atomic mass is 16.5. The Bertz CT molecular complexity index is 153. The lowest BCUT2D eigenvalue weighted by Crippen LogP contribution is -2.43. The van der Waals surface area contributed by atoms with Crippen molar-refractivity contribution in [2.75, 3.05) is 60.5 Å². The summed E-state index contributed by atoms with van der Waals surface area (Å²) >= 11 is 0. The number of rotatable bonds is 10. The molecule has 0 amide bonds. The molecule has 0 aliphatic rings. The van der Waals surface area contributed by atoms with E-state index in [0.717, 1.165) is 39.3 Å². The van der Waals surface area contributed by atoms with Gasteiger partial charge in [-0.3, -0.25) is 4.90 Å². The summed E-state index contributed by atoms with van der Waals surface area (Å²) in [5.74, 6) is 0. The Labute approximate surface area is 101 Å². The molecule has 0 bridgehead atoms. The Morgan fingerprint density at radius 3 is 2.44 bits per heavy atom. The van der Waals surface area contributed by atoms with Crippen molar-refractivity contribution in [3.05, 3.63) is 0 Å². The number of methoxy groups -OCH3 is 1. The van der Waals surface area contributed by atoms with Gasteiger partial charge in [0.25, 0.3) is 0 Å².